The summed E-state index contributed by atoms with van der Waals surface area (Å²) in [4.78, 5) is 23.8. The third-order valence-corrected chi connectivity index (χ3v) is 3.33. The van der Waals surface area contributed by atoms with Gasteiger partial charge in [0, 0.05) is 5.33 Å². The smallest absolute Gasteiger partial charge is 0.374 e. The van der Waals surface area contributed by atoms with Crippen molar-refractivity contribution in [3.63, 3.8) is 0 Å². The number of hydrogen-bond donors (Lipinski definition) is 0. The van der Waals surface area contributed by atoms with E-state index in [1.807, 2.05) is 0 Å². The molecule has 94 valence electrons. The zero-order valence-corrected chi connectivity index (χ0v) is 11.7. The lowest BCUT2D eigenvalue weighted by Crippen LogP contribution is -2.15. The standard InChI is InChI=1S/C12H8BrClO4/c1-17-12(16)11-7(5-13)9(15)6-3-2-4-8(14)10(6)18-11/h2-4H,5H2,1H3. The molecule has 0 N–H and O–H groups in total. The summed E-state index contributed by atoms with van der Waals surface area (Å²) in [6.45, 7) is 0. The summed E-state index contributed by atoms with van der Waals surface area (Å²) < 4.78 is 10.00. The fraction of sp³-hybridized carbons (Fsp3) is 0.167. The van der Waals surface area contributed by atoms with Gasteiger partial charge in [-0.15, -0.1) is 0 Å². The fourth-order valence-corrected chi connectivity index (χ4v) is 2.32. The van der Waals surface area contributed by atoms with Gasteiger partial charge in [0.05, 0.1) is 23.1 Å². The van der Waals surface area contributed by atoms with Gasteiger partial charge in [-0.25, -0.2) is 4.79 Å². The van der Waals surface area contributed by atoms with Gasteiger partial charge in [0.1, 0.15) is 0 Å². The number of benzene rings is 1. The number of carbonyl (C=O) groups is 1. The van der Waals surface area contributed by atoms with E-state index in [-0.39, 0.29) is 32.7 Å². The van der Waals surface area contributed by atoms with E-state index >= 15 is 0 Å². The van der Waals surface area contributed by atoms with Crippen LogP contribution < -0.4 is 5.43 Å². The van der Waals surface area contributed by atoms with Crippen molar-refractivity contribution in [2.75, 3.05) is 7.11 Å². The Morgan fingerprint density at radius 3 is 2.83 bits per heavy atom. The molecular weight excluding hydrogens is 323 g/mol. The maximum Gasteiger partial charge on any atom is 0.374 e. The Balaban J connectivity index is 2.91. The number of para-hydroxylation sites is 1. The van der Waals surface area contributed by atoms with Crippen molar-refractivity contribution in [1.82, 2.24) is 0 Å². The monoisotopic (exact) mass is 330 g/mol. The molecule has 1 aromatic carbocycles. The first-order chi connectivity index (χ1) is 8.60. The third-order valence-electron chi connectivity index (χ3n) is 2.47. The van der Waals surface area contributed by atoms with Gasteiger partial charge in [-0.05, 0) is 12.1 Å². The third kappa shape index (κ3) is 2.04. The van der Waals surface area contributed by atoms with Crippen molar-refractivity contribution in [2.45, 2.75) is 5.33 Å². The van der Waals surface area contributed by atoms with Gasteiger partial charge in [0.15, 0.2) is 11.0 Å². The first kappa shape index (κ1) is 13.1. The molecular formula is C12H8BrClO4. The number of fused-ring (bicyclic) bond motifs is 1. The van der Waals surface area contributed by atoms with E-state index in [0.29, 0.717) is 5.39 Å². The highest BCUT2D eigenvalue weighted by Gasteiger charge is 2.21. The Morgan fingerprint density at radius 1 is 1.50 bits per heavy atom. The van der Waals surface area contributed by atoms with Crippen LogP contribution in [0.3, 0.4) is 0 Å². The SMILES string of the molecule is COC(=O)c1oc2c(Cl)cccc2c(=O)c1CBr. The molecule has 1 aromatic heterocycles. The molecule has 0 atom stereocenters. The lowest BCUT2D eigenvalue weighted by atomic mass is 10.1. The maximum atomic E-state index is 12.2. The predicted octanol–water partition coefficient (Wildman–Crippen LogP) is 3.13. The van der Waals surface area contributed by atoms with Crippen molar-refractivity contribution in [1.29, 1.82) is 0 Å². The van der Waals surface area contributed by atoms with Crippen molar-refractivity contribution >= 4 is 44.5 Å². The summed E-state index contributed by atoms with van der Waals surface area (Å²) >= 11 is 9.11. The molecule has 0 bridgehead atoms. The lowest BCUT2D eigenvalue weighted by molar-refractivity contribution is 0.0564. The normalized spacial score (nSPS) is 10.6. The highest BCUT2D eigenvalue weighted by Crippen LogP contribution is 2.24. The van der Waals surface area contributed by atoms with Gasteiger partial charge in [0.25, 0.3) is 0 Å². The minimum absolute atomic E-state index is 0.125. The molecule has 18 heavy (non-hydrogen) atoms. The second kappa shape index (κ2) is 5.12. The number of carbonyl (C=O) groups excluding carboxylic acids is 1. The Labute approximate surface area is 116 Å². The van der Waals surface area contributed by atoms with Crippen LogP contribution in [0, 0.1) is 0 Å². The number of halogens is 2. The number of ether oxygens (including phenoxy) is 1. The second-order valence-corrected chi connectivity index (χ2v) is 4.45. The summed E-state index contributed by atoms with van der Waals surface area (Å²) in [5.74, 6) is -0.830. The number of esters is 1. The zero-order chi connectivity index (χ0) is 13.3. The van der Waals surface area contributed by atoms with E-state index in [2.05, 4.69) is 20.7 Å². The average Bonchev–Trinajstić information content (AvgIpc) is 2.38. The largest absolute Gasteiger partial charge is 0.463 e. The van der Waals surface area contributed by atoms with Crippen LogP contribution in [0.5, 0.6) is 0 Å². The number of rotatable bonds is 2. The fourth-order valence-electron chi connectivity index (χ4n) is 1.60. The molecule has 0 aliphatic heterocycles. The number of methoxy groups -OCH3 is 1. The lowest BCUT2D eigenvalue weighted by Gasteiger charge is -2.06. The number of alkyl halides is 1. The van der Waals surface area contributed by atoms with Crippen LogP contribution in [0.4, 0.5) is 0 Å². The van der Waals surface area contributed by atoms with Crippen LogP contribution >= 0.6 is 27.5 Å². The van der Waals surface area contributed by atoms with Crippen LogP contribution in [-0.4, -0.2) is 13.1 Å². The van der Waals surface area contributed by atoms with E-state index in [9.17, 15) is 9.59 Å². The van der Waals surface area contributed by atoms with Crippen LogP contribution in [0.2, 0.25) is 5.02 Å². The topological polar surface area (TPSA) is 56.5 Å². The van der Waals surface area contributed by atoms with Crippen molar-refractivity contribution in [3.8, 4) is 0 Å². The minimum Gasteiger partial charge on any atom is -0.463 e. The summed E-state index contributed by atoms with van der Waals surface area (Å²) in [6, 6.07) is 4.83. The summed E-state index contributed by atoms with van der Waals surface area (Å²) in [7, 11) is 1.22. The molecule has 2 aromatic rings. The molecule has 0 radical (unpaired) electrons. The zero-order valence-electron chi connectivity index (χ0n) is 9.33. The highest BCUT2D eigenvalue weighted by atomic mass is 79.9. The van der Waals surface area contributed by atoms with Crippen LogP contribution in [0.25, 0.3) is 11.0 Å². The summed E-state index contributed by atoms with van der Waals surface area (Å²) in [6.07, 6.45) is 0. The van der Waals surface area contributed by atoms with Gasteiger partial charge in [-0.3, -0.25) is 4.79 Å². The van der Waals surface area contributed by atoms with E-state index in [1.54, 1.807) is 18.2 Å². The molecule has 2 rings (SSSR count). The molecule has 0 saturated carbocycles. The van der Waals surface area contributed by atoms with E-state index in [0.717, 1.165) is 0 Å². The average molecular weight is 332 g/mol. The molecule has 1 heterocycles. The van der Waals surface area contributed by atoms with Gasteiger partial charge < -0.3 is 9.15 Å². The molecule has 0 unspecified atom stereocenters. The van der Waals surface area contributed by atoms with E-state index in [4.69, 9.17) is 16.0 Å². The summed E-state index contributed by atoms with van der Waals surface area (Å²) in [5, 5.41) is 0.808. The first-order valence-corrected chi connectivity index (χ1v) is 6.48. The Bertz CT molecular complexity index is 678. The molecule has 0 spiro atoms. The Morgan fingerprint density at radius 2 is 2.22 bits per heavy atom. The molecule has 0 saturated heterocycles. The predicted molar refractivity (Wildman–Crippen MR) is 71.5 cm³/mol. The molecule has 0 amide bonds. The van der Waals surface area contributed by atoms with Crippen LogP contribution in [0.1, 0.15) is 16.1 Å². The van der Waals surface area contributed by atoms with Crippen molar-refractivity contribution in [3.05, 3.63) is 44.8 Å². The van der Waals surface area contributed by atoms with Gasteiger partial charge in [-0.1, -0.05) is 33.6 Å². The number of hydrogen-bond acceptors (Lipinski definition) is 4. The van der Waals surface area contributed by atoms with Crippen molar-refractivity contribution in [2.24, 2.45) is 0 Å². The van der Waals surface area contributed by atoms with Gasteiger partial charge in [-0.2, -0.15) is 0 Å². The van der Waals surface area contributed by atoms with Gasteiger partial charge in [0.2, 0.25) is 5.76 Å². The highest BCUT2D eigenvalue weighted by molar-refractivity contribution is 9.08. The maximum absolute atomic E-state index is 12.2. The molecule has 0 fully saturated rings. The van der Waals surface area contributed by atoms with E-state index in [1.165, 1.54) is 7.11 Å². The van der Waals surface area contributed by atoms with Crippen molar-refractivity contribution < 1.29 is 13.9 Å². The van der Waals surface area contributed by atoms with Gasteiger partial charge >= 0.3 is 5.97 Å². The second-order valence-electron chi connectivity index (χ2n) is 3.48. The Hall–Kier alpha value is -1.33. The molecule has 0 aliphatic carbocycles. The minimum atomic E-state index is -0.705. The quantitative estimate of drug-likeness (QED) is 0.627. The molecule has 4 nitrogen and oxygen atoms in total. The molecule has 6 heteroatoms. The van der Waals surface area contributed by atoms with Crippen LogP contribution in [0.15, 0.2) is 27.4 Å². The summed E-state index contributed by atoms with van der Waals surface area (Å²) in [5.41, 5.74) is 0.113. The Kier molecular flexibility index (Phi) is 3.73. The van der Waals surface area contributed by atoms with E-state index < -0.39 is 5.97 Å². The van der Waals surface area contributed by atoms with Crippen LogP contribution in [-0.2, 0) is 10.1 Å². The molecule has 0 aliphatic rings. The first-order valence-electron chi connectivity index (χ1n) is 4.98.